The summed E-state index contributed by atoms with van der Waals surface area (Å²) in [6, 6.07) is 7.40. The first-order chi connectivity index (χ1) is 11.0. The lowest BCUT2D eigenvalue weighted by Crippen LogP contribution is -2.04. The van der Waals surface area contributed by atoms with E-state index in [2.05, 4.69) is 20.4 Å². The fourth-order valence-electron chi connectivity index (χ4n) is 2.30. The summed E-state index contributed by atoms with van der Waals surface area (Å²) in [6.07, 6.45) is 3.66. The highest BCUT2D eigenvalue weighted by molar-refractivity contribution is 6.42. The lowest BCUT2D eigenvalue weighted by Gasteiger charge is -2.08. The van der Waals surface area contributed by atoms with Gasteiger partial charge in [0.15, 0.2) is 0 Å². The zero-order valence-electron chi connectivity index (χ0n) is 12.7. The highest BCUT2D eigenvalue weighted by Gasteiger charge is 2.09. The SMILES string of the molecule is Cc1nn(C)cc1-c1ccnc(NCc2cccc(Cl)c2Cl)n1. The second-order valence-corrected chi connectivity index (χ2v) is 5.92. The highest BCUT2D eigenvalue weighted by atomic mass is 35.5. The molecule has 0 aliphatic carbocycles. The first kappa shape index (κ1) is 15.8. The summed E-state index contributed by atoms with van der Waals surface area (Å²) in [5, 5.41) is 8.59. The molecule has 0 aliphatic heterocycles. The second-order valence-electron chi connectivity index (χ2n) is 5.13. The number of aromatic nitrogens is 4. The number of halogens is 2. The van der Waals surface area contributed by atoms with Gasteiger partial charge in [0.05, 0.1) is 21.4 Å². The van der Waals surface area contributed by atoms with Gasteiger partial charge in [-0.05, 0) is 24.6 Å². The Bertz CT molecular complexity index is 844. The number of rotatable bonds is 4. The maximum atomic E-state index is 6.19. The normalized spacial score (nSPS) is 10.8. The third-order valence-electron chi connectivity index (χ3n) is 3.41. The predicted molar refractivity (Wildman–Crippen MR) is 92.8 cm³/mol. The number of nitrogens with one attached hydrogen (secondary N) is 1. The van der Waals surface area contributed by atoms with Crippen molar-refractivity contribution in [1.29, 1.82) is 0 Å². The van der Waals surface area contributed by atoms with Crippen molar-refractivity contribution in [2.75, 3.05) is 5.32 Å². The van der Waals surface area contributed by atoms with Gasteiger partial charge >= 0.3 is 0 Å². The fourth-order valence-corrected chi connectivity index (χ4v) is 2.69. The van der Waals surface area contributed by atoms with Gasteiger partial charge in [-0.25, -0.2) is 9.97 Å². The number of hydrogen-bond donors (Lipinski definition) is 1. The summed E-state index contributed by atoms with van der Waals surface area (Å²) in [5.74, 6) is 0.529. The van der Waals surface area contributed by atoms with Gasteiger partial charge in [0.1, 0.15) is 0 Å². The topological polar surface area (TPSA) is 55.6 Å². The van der Waals surface area contributed by atoms with Gasteiger partial charge < -0.3 is 5.32 Å². The summed E-state index contributed by atoms with van der Waals surface area (Å²) in [4.78, 5) is 8.78. The molecule has 2 aromatic heterocycles. The van der Waals surface area contributed by atoms with Crippen LogP contribution in [0.15, 0.2) is 36.7 Å². The van der Waals surface area contributed by atoms with Gasteiger partial charge in [0.2, 0.25) is 5.95 Å². The molecule has 0 atom stereocenters. The maximum Gasteiger partial charge on any atom is 0.223 e. The smallest absolute Gasteiger partial charge is 0.223 e. The molecule has 0 amide bonds. The Balaban J connectivity index is 1.81. The van der Waals surface area contributed by atoms with E-state index in [0.29, 0.717) is 22.5 Å². The van der Waals surface area contributed by atoms with Crippen LogP contribution in [0.5, 0.6) is 0 Å². The highest BCUT2D eigenvalue weighted by Crippen LogP contribution is 2.26. The van der Waals surface area contributed by atoms with Crippen molar-refractivity contribution in [1.82, 2.24) is 19.7 Å². The van der Waals surface area contributed by atoms with E-state index in [1.54, 1.807) is 16.9 Å². The summed E-state index contributed by atoms with van der Waals surface area (Å²) in [5.41, 5.74) is 3.63. The number of benzene rings is 1. The molecule has 0 bridgehead atoms. The van der Waals surface area contributed by atoms with Crippen LogP contribution in [-0.4, -0.2) is 19.7 Å². The van der Waals surface area contributed by atoms with Crippen LogP contribution in [0.4, 0.5) is 5.95 Å². The third kappa shape index (κ3) is 3.46. The molecule has 1 N–H and O–H groups in total. The summed E-state index contributed by atoms with van der Waals surface area (Å²) in [6.45, 7) is 2.45. The molecule has 1 aromatic carbocycles. The van der Waals surface area contributed by atoms with E-state index >= 15 is 0 Å². The lowest BCUT2D eigenvalue weighted by molar-refractivity contribution is 0.756. The van der Waals surface area contributed by atoms with Crippen LogP contribution in [0, 0.1) is 6.92 Å². The van der Waals surface area contributed by atoms with Crippen LogP contribution in [0.1, 0.15) is 11.3 Å². The van der Waals surface area contributed by atoms with Crippen molar-refractivity contribution in [3.8, 4) is 11.3 Å². The molecule has 0 spiro atoms. The minimum Gasteiger partial charge on any atom is -0.350 e. The zero-order valence-corrected chi connectivity index (χ0v) is 14.2. The molecule has 0 saturated heterocycles. The van der Waals surface area contributed by atoms with Crippen molar-refractivity contribution in [2.24, 2.45) is 7.05 Å². The minimum absolute atomic E-state index is 0.495. The average molecular weight is 348 g/mol. The van der Waals surface area contributed by atoms with Gasteiger partial charge in [-0.1, -0.05) is 35.3 Å². The van der Waals surface area contributed by atoms with Gasteiger partial charge in [-0.3, -0.25) is 4.68 Å². The molecule has 2 heterocycles. The molecule has 118 valence electrons. The van der Waals surface area contributed by atoms with Gasteiger partial charge in [0, 0.05) is 31.5 Å². The number of anilines is 1. The van der Waals surface area contributed by atoms with E-state index in [1.165, 1.54) is 0 Å². The van der Waals surface area contributed by atoms with Gasteiger partial charge in [0.25, 0.3) is 0 Å². The van der Waals surface area contributed by atoms with E-state index in [-0.39, 0.29) is 0 Å². The molecule has 23 heavy (non-hydrogen) atoms. The Hall–Kier alpha value is -2.11. The quantitative estimate of drug-likeness (QED) is 0.771. The molecule has 0 unspecified atom stereocenters. The zero-order chi connectivity index (χ0) is 16.4. The maximum absolute atomic E-state index is 6.19. The predicted octanol–water partition coefficient (Wildman–Crippen LogP) is 4.10. The number of hydrogen-bond acceptors (Lipinski definition) is 4. The largest absolute Gasteiger partial charge is 0.350 e. The summed E-state index contributed by atoms with van der Waals surface area (Å²) >= 11 is 12.2. The van der Waals surface area contributed by atoms with E-state index in [0.717, 1.165) is 22.5 Å². The van der Waals surface area contributed by atoms with Crippen molar-refractivity contribution < 1.29 is 0 Å². The Morgan fingerprint density at radius 3 is 2.78 bits per heavy atom. The van der Waals surface area contributed by atoms with Crippen LogP contribution >= 0.6 is 23.2 Å². The Labute approximate surface area is 144 Å². The van der Waals surface area contributed by atoms with E-state index in [1.807, 2.05) is 38.4 Å². The van der Waals surface area contributed by atoms with Crippen molar-refractivity contribution >= 4 is 29.2 Å². The Morgan fingerprint density at radius 1 is 1.22 bits per heavy atom. The molecular formula is C16H15Cl2N5. The van der Waals surface area contributed by atoms with Crippen molar-refractivity contribution in [3.05, 3.63) is 58.0 Å². The molecule has 0 saturated carbocycles. The molecule has 7 heteroatoms. The number of aryl methyl sites for hydroxylation is 2. The average Bonchev–Trinajstić information content (AvgIpc) is 2.88. The monoisotopic (exact) mass is 347 g/mol. The molecule has 3 rings (SSSR count). The fraction of sp³-hybridized carbons (Fsp3) is 0.188. The van der Waals surface area contributed by atoms with Gasteiger partial charge in [-0.2, -0.15) is 5.10 Å². The van der Waals surface area contributed by atoms with Crippen LogP contribution in [0.3, 0.4) is 0 Å². The first-order valence-electron chi connectivity index (χ1n) is 7.05. The minimum atomic E-state index is 0.495. The van der Waals surface area contributed by atoms with Crippen LogP contribution in [0.2, 0.25) is 10.0 Å². The Kier molecular flexibility index (Phi) is 4.50. The van der Waals surface area contributed by atoms with Gasteiger partial charge in [-0.15, -0.1) is 0 Å². The molecular weight excluding hydrogens is 333 g/mol. The standard InChI is InChI=1S/C16H15Cl2N5/c1-10-12(9-23(2)22-10)14-6-7-19-16(21-14)20-8-11-4-3-5-13(17)15(11)18/h3-7,9H,8H2,1-2H3,(H,19,20,21). The molecule has 0 fully saturated rings. The molecule has 0 radical (unpaired) electrons. The Morgan fingerprint density at radius 2 is 2.04 bits per heavy atom. The van der Waals surface area contributed by atoms with Crippen LogP contribution < -0.4 is 5.32 Å². The lowest BCUT2D eigenvalue weighted by atomic mass is 10.2. The van der Waals surface area contributed by atoms with E-state index in [9.17, 15) is 0 Å². The number of nitrogens with zero attached hydrogens (tertiary/aromatic N) is 4. The molecule has 0 aliphatic rings. The van der Waals surface area contributed by atoms with Crippen LogP contribution in [-0.2, 0) is 13.6 Å². The molecule has 5 nitrogen and oxygen atoms in total. The van der Waals surface area contributed by atoms with E-state index in [4.69, 9.17) is 23.2 Å². The van der Waals surface area contributed by atoms with Crippen LogP contribution in [0.25, 0.3) is 11.3 Å². The third-order valence-corrected chi connectivity index (χ3v) is 4.27. The van der Waals surface area contributed by atoms with E-state index < -0.39 is 0 Å². The molecule has 3 aromatic rings. The first-order valence-corrected chi connectivity index (χ1v) is 7.80. The van der Waals surface area contributed by atoms with Crippen molar-refractivity contribution in [3.63, 3.8) is 0 Å². The van der Waals surface area contributed by atoms with Crippen molar-refractivity contribution in [2.45, 2.75) is 13.5 Å². The second kappa shape index (κ2) is 6.56. The summed E-state index contributed by atoms with van der Waals surface area (Å²) in [7, 11) is 1.89. The summed E-state index contributed by atoms with van der Waals surface area (Å²) < 4.78 is 1.77.